The van der Waals surface area contributed by atoms with Gasteiger partial charge in [-0.2, -0.15) is 0 Å². The first-order chi connectivity index (χ1) is 21.2. The van der Waals surface area contributed by atoms with Gasteiger partial charge in [0.1, 0.15) is 5.75 Å². The largest absolute Gasteiger partial charge is 0.508 e. The number of nitrogens with one attached hydrogen (secondary N) is 2. The molecule has 1 heterocycles. The molecule has 1 aliphatic heterocycles. The molecule has 2 bridgehead atoms. The number of rotatable bonds is 6. The van der Waals surface area contributed by atoms with Crippen LogP contribution in [0.25, 0.3) is 0 Å². The van der Waals surface area contributed by atoms with Gasteiger partial charge < -0.3 is 30.3 Å². The van der Waals surface area contributed by atoms with Gasteiger partial charge in [-0.1, -0.05) is 68.7 Å². The molecule has 8 heteroatoms. The Morgan fingerprint density at radius 3 is 2.61 bits per heavy atom. The normalized spacial score (nSPS) is 28.8. The lowest BCUT2D eigenvalue weighted by Gasteiger charge is -2.30. The molecule has 242 valence electrons. The van der Waals surface area contributed by atoms with Gasteiger partial charge in [0, 0.05) is 36.7 Å². The molecular weight excluding hydrogens is 556 g/mol. The van der Waals surface area contributed by atoms with E-state index in [-0.39, 0.29) is 48.0 Å². The van der Waals surface area contributed by atoms with Crippen LogP contribution >= 0.6 is 0 Å². The zero-order chi connectivity index (χ0) is 31.9. The number of phenolic OH excluding ortho intramolecular Hbond substituents is 1. The van der Waals surface area contributed by atoms with Gasteiger partial charge in [0.05, 0.1) is 31.3 Å². The van der Waals surface area contributed by atoms with E-state index in [1.807, 2.05) is 69.4 Å². The summed E-state index contributed by atoms with van der Waals surface area (Å²) in [6.45, 7) is 6.25. The summed E-state index contributed by atoms with van der Waals surface area (Å²) in [6.07, 6.45) is 19.4. The van der Waals surface area contributed by atoms with E-state index in [1.54, 1.807) is 13.2 Å². The summed E-state index contributed by atoms with van der Waals surface area (Å²) in [6, 6.07) is 4.93. The average molecular weight is 609 g/mol. The van der Waals surface area contributed by atoms with E-state index >= 15 is 0 Å². The number of aromatic hydroxyl groups is 1. The highest BCUT2D eigenvalue weighted by atomic mass is 16.5. The monoisotopic (exact) mass is 608 g/mol. The van der Waals surface area contributed by atoms with Gasteiger partial charge in [0.25, 0.3) is 0 Å². The first-order valence-corrected chi connectivity index (χ1v) is 16.1. The van der Waals surface area contributed by atoms with Crippen LogP contribution in [0.15, 0.2) is 66.3 Å². The number of carbonyl (C=O) groups is 2. The fourth-order valence-corrected chi connectivity index (χ4v) is 5.80. The van der Waals surface area contributed by atoms with E-state index in [1.165, 1.54) is 12.5 Å². The molecule has 1 saturated carbocycles. The molecule has 44 heavy (non-hydrogen) atoms. The molecule has 0 aromatic heterocycles. The van der Waals surface area contributed by atoms with Crippen LogP contribution in [0.2, 0.25) is 0 Å². The summed E-state index contributed by atoms with van der Waals surface area (Å²) in [4.78, 5) is 25.4. The lowest BCUT2D eigenvalue weighted by atomic mass is 9.88. The fourth-order valence-electron chi connectivity index (χ4n) is 5.80. The summed E-state index contributed by atoms with van der Waals surface area (Å²) in [7, 11) is 1.56. The van der Waals surface area contributed by atoms with Crippen molar-refractivity contribution in [3.8, 4) is 5.75 Å². The maximum atomic E-state index is 12.7. The minimum Gasteiger partial charge on any atom is -0.508 e. The van der Waals surface area contributed by atoms with Crippen LogP contribution in [-0.2, 0) is 25.5 Å². The number of aryl methyl sites for hydroxylation is 1. The predicted molar refractivity (Wildman–Crippen MR) is 175 cm³/mol. The summed E-state index contributed by atoms with van der Waals surface area (Å²) in [5.74, 6) is -0.113. The number of benzene rings is 1. The SMILES string of the molecule is COC1/C=C/C=C/C=C/CC(OCC(C)NC(=O)C2CCCCC2)C(C)C(O)/C(C)=C\CCc2cc(O)cc(c2)NC(=O)C1. The highest BCUT2D eigenvalue weighted by Gasteiger charge is 2.27. The van der Waals surface area contributed by atoms with Crippen LogP contribution < -0.4 is 10.6 Å². The third-order valence-electron chi connectivity index (χ3n) is 8.49. The summed E-state index contributed by atoms with van der Waals surface area (Å²) < 4.78 is 11.8. The van der Waals surface area contributed by atoms with E-state index in [2.05, 4.69) is 10.6 Å². The molecule has 2 amide bonds. The first-order valence-electron chi connectivity index (χ1n) is 16.1. The Hall–Kier alpha value is -3.20. The van der Waals surface area contributed by atoms with Crippen molar-refractivity contribution in [2.24, 2.45) is 11.8 Å². The predicted octanol–water partition coefficient (Wildman–Crippen LogP) is 6.15. The summed E-state index contributed by atoms with van der Waals surface area (Å²) >= 11 is 0. The molecular formula is C36H52N2O6. The topological polar surface area (TPSA) is 117 Å². The lowest BCUT2D eigenvalue weighted by Crippen LogP contribution is -2.42. The minimum atomic E-state index is -0.710. The number of aliphatic hydroxyl groups excluding tert-OH is 1. The van der Waals surface area contributed by atoms with E-state index in [0.29, 0.717) is 31.6 Å². The first kappa shape index (κ1) is 35.3. The quantitative estimate of drug-likeness (QED) is 0.288. The highest BCUT2D eigenvalue weighted by Crippen LogP contribution is 2.26. The molecule has 8 nitrogen and oxygen atoms in total. The van der Waals surface area contributed by atoms with Crippen LogP contribution in [0.5, 0.6) is 5.75 Å². The Kier molecular flexibility index (Phi) is 14.9. The van der Waals surface area contributed by atoms with Crippen molar-refractivity contribution in [2.75, 3.05) is 19.0 Å². The van der Waals surface area contributed by atoms with Crippen LogP contribution in [0.3, 0.4) is 0 Å². The van der Waals surface area contributed by atoms with Crippen molar-refractivity contribution >= 4 is 17.5 Å². The number of phenols is 1. The van der Waals surface area contributed by atoms with Gasteiger partial charge in [0.2, 0.25) is 11.8 Å². The minimum absolute atomic E-state index is 0.0792. The molecule has 1 aromatic carbocycles. The van der Waals surface area contributed by atoms with Gasteiger partial charge in [-0.3, -0.25) is 9.59 Å². The maximum absolute atomic E-state index is 12.7. The number of fused-ring (bicyclic) bond motifs is 2. The second-order valence-electron chi connectivity index (χ2n) is 12.3. The number of anilines is 1. The molecule has 2 aliphatic rings. The Bertz CT molecular complexity index is 1180. The van der Waals surface area contributed by atoms with Crippen LogP contribution in [0.4, 0.5) is 5.69 Å². The van der Waals surface area contributed by atoms with Gasteiger partial charge in [-0.15, -0.1) is 0 Å². The molecule has 3 rings (SSSR count). The molecule has 1 aliphatic carbocycles. The zero-order valence-corrected chi connectivity index (χ0v) is 26.8. The maximum Gasteiger partial charge on any atom is 0.227 e. The van der Waals surface area contributed by atoms with Crippen molar-refractivity contribution in [2.45, 2.75) is 103 Å². The Morgan fingerprint density at radius 1 is 1.11 bits per heavy atom. The van der Waals surface area contributed by atoms with Crippen molar-refractivity contribution in [3.63, 3.8) is 0 Å². The number of methoxy groups -OCH3 is 1. The second kappa shape index (κ2) is 18.6. The molecule has 1 fully saturated rings. The van der Waals surface area contributed by atoms with Crippen molar-refractivity contribution < 1.29 is 29.3 Å². The van der Waals surface area contributed by atoms with Gasteiger partial charge in [0.15, 0.2) is 0 Å². The highest BCUT2D eigenvalue weighted by molar-refractivity contribution is 5.91. The third kappa shape index (κ3) is 12.1. The molecule has 5 atom stereocenters. The Morgan fingerprint density at radius 2 is 1.86 bits per heavy atom. The van der Waals surface area contributed by atoms with Crippen molar-refractivity contribution in [1.82, 2.24) is 5.32 Å². The standard InChI is InChI=1S/C36H52N2O6/c1-25-14-13-15-28-20-30(22-31(39)21-28)38-34(40)23-32(43-4)18-11-6-5-7-12-19-33(27(3)35(25)41)44-24-26(2)37-36(42)29-16-9-8-10-17-29/h5-7,11-12,14,18,20-22,26-27,29,32-33,35,39,41H,8-10,13,15-17,19,23-24H2,1-4H3,(H,37,42)(H,38,40)/b6-5+,12-7+,18-11+,25-14-. The van der Waals surface area contributed by atoms with Crippen molar-refractivity contribution in [1.29, 1.82) is 0 Å². The van der Waals surface area contributed by atoms with Gasteiger partial charge in [-0.05, 0) is 69.2 Å². The van der Waals surface area contributed by atoms with Crippen LogP contribution in [0, 0.1) is 11.8 Å². The molecule has 5 unspecified atom stereocenters. The number of ether oxygens (including phenoxy) is 2. The Balaban J connectivity index is 1.74. The number of amides is 2. The van der Waals surface area contributed by atoms with E-state index < -0.39 is 12.2 Å². The van der Waals surface area contributed by atoms with Crippen LogP contribution in [0.1, 0.15) is 77.7 Å². The molecule has 0 spiro atoms. The molecule has 1 aromatic rings. The summed E-state index contributed by atoms with van der Waals surface area (Å²) in [5.41, 5.74) is 2.25. The smallest absolute Gasteiger partial charge is 0.227 e. The second-order valence-corrected chi connectivity index (χ2v) is 12.3. The summed E-state index contributed by atoms with van der Waals surface area (Å²) in [5, 5.41) is 27.5. The number of allylic oxidation sites excluding steroid dienone is 5. The van der Waals surface area contributed by atoms with E-state index in [0.717, 1.165) is 36.8 Å². The number of hydrogen-bond donors (Lipinski definition) is 4. The van der Waals surface area contributed by atoms with E-state index in [9.17, 15) is 19.8 Å². The molecule has 4 N–H and O–H groups in total. The molecule has 0 radical (unpaired) electrons. The van der Waals surface area contributed by atoms with Gasteiger partial charge in [-0.25, -0.2) is 0 Å². The third-order valence-corrected chi connectivity index (χ3v) is 8.49. The van der Waals surface area contributed by atoms with Crippen LogP contribution in [-0.4, -0.2) is 60.1 Å². The number of carbonyl (C=O) groups excluding carboxylic acids is 2. The number of hydrogen-bond acceptors (Lipinski definition) is 6. The van der Waals surface area contributed by atoms with E-state index in [4.69, 9.17) is 9.47 Å². The molecule has 0 saturated heterocycles. The zero-order valence-electron chi connectivity index (χ0n) is 26.8. The average Bonchev–Trinajstić information content (AvgIpc) is 3.00. The van der Waals surface area contributed by atoms with Gasteiger partial charge >= 0.3 is 0 Å². The fraction of sp³-hybridized carbons (Fsp3) is 0.556. The van der Waals surface area contributed by atoms with Crippen molar-refractivity contribution in [3.05, 3.63) is 71.9 Å². The Labute approximate surface area is 263 Å². The lowest BCUT2D eigenvalue weighted by molar-refractivity contribution is -0.127. The number of aliphatic hydroxyl groups is 1.